The zero-order valence-corrected chi connectivity index (χ0v) is 11.6. The van der Waals surface area contributed by atoms with Gasteiger partial charge in [-0.3, -0.25) is 4.57 Å². The molecule has 0 fully saturated rings. The first-order valence-corrected chi connectivity index (χ1v) is 7.68. The predicted molar refractivity (Wildman–Crippen MR) is 71.9 cm³/mol. The van der Waals surface area contributed by atoms with E-state index in [4.69, 9.17) is 13.8 Å². The van der Waals surface area contributed by atoms with Crippen LogP contribution in [0, 0.1) is 0 Å². The maximum Gasteiger partial charge on any atom is 0.334 e. The Hall–Kier alpha value is -1.09. The van der Waals surface area contributed by atoms with Crippen molar-refractivity contribution >= 4 is 7.60 Å². The second-order valence-corrected chi connectivity index (χ2v) is 5.54. The minimum Gasteiger partial charge on any atom is -0.465 e. The lowest BCUT2D eigenvalue weighted by Crippen LogP contribution is -1.98. The van der Waals surface area contributed by atoms with Gasteiger partial charge in [-0.2, -0.15) is 0 Å². The molecule has 0 saturated heterocycles. The Morgan fingerprint density at radius 1 is 1.11 bits per heavy atom. The van der Waals surface area contributed by atoms with Crippen LogP contribution in [-0.2, 0) is 13.6 Å². The van der Waals surface area contributed by atoms with Gasteiger partial charge < -0.3 is 13.8 Å². The van der Waals surface area contributed by atoms with Gasteiger partial charge in [-0.1, -0.05) is 18.2 Å². The molecule has 1 aromatic carbocycles. The van der Waals surface area contributed by atoms with Crippen molar-refractivity contribution in [3.8, 4) is 5.75 Å². The van der Waals surface area contributed by atoms with Crippen molar-refractivity contribution < 1.29 is 18.3 Å². The molecule has 0 aliphatic rings. The van der Waals surface area contributed by atoms with Gasteiger partial charge in [0, 0.05) is 0 Å². The zero-order chi connectivity index (χ0) is 13.3. The van der Waals surface area contributed by atoms with Gasteiger partial charge in [-0.15, -0.1) is 0 Å². The van der Waals surface area contributed by atoms with Crippen LogP contribution in [0.2, 0.25) is 0 Å². The fourth-order valence-electron chi connectivity index (χ4n) is 1.33. The molecule has 0 aliphatic carbocycles. The molecule has 18 heavy (non-hydrogen) atoms. The summed E-state index contributed by atoms with van der Waals surface area (Å²) in [5.41, 5.74) is 0. The Morgan fingerprint density at radius 2 is 1.72 bits per heavy atom. The lowest BCUT2D eigenvalue weighted by molar-refractivity contribution is 0.222. The molecule has 1 aromatic rings. The molecule has 5 heteroatoms. The fraction of sp³-hybridized carbons (Fsp3) is 0.385. The third kappa shape index (κ3) is 5.50. The highest BCUT2D eigenvalue weighted by atomic mass is 31.2. The van der Waals surface area contributed by atoms with E-state index in [9.17, 15) is 4.57 Å². The number of allylic oxidation sites excluding steroid dienone is 1. The number of hydrogen-bond donors (Lipinski definition) is 0. The van der Waals surface area contributed by atoms with Crippen molar-refractivity contribution in [2.24, 2.45) is 0 Å². The van der Waals surface area contributed by atoms with Crippen molar-refractivity contribution in [3.05, 3.63) is 42.7 Å². The van der Waals surface area contributed by atoms with Crippen LogP contribution >= 0.6 is 7.60 Å². The van der Waals surface area contributed by atoms with E-state index in [1.807, 2.05) is 30.3 Å². The van der Waals surface area contributed by atoms with Gasteiger partial charge in [0.1, 0.15) is 5.75 Å². The molecule has 0 amide bonds. The highest BCUT2D eigenvalue weighted by Crippen LogP contribution is 2.47. The van der Waals surface area contributed by atoms with E-state index >= 15 is 0 Å². The highest BCUT2D eigenvalue weighted by molar-refractivity contribution is 7.54. The Bertz CT molecular complexity index is 393. The van der Waals surface area contributed by atoms with Crippen molar-refractivity contribution in [3.63, 3.8) is 0 Å². The topological polar surface area (TPSA) is 44.8 Å². The van der Waals surface area contributed by atoms with Crippen LogP contribution in [0.1, 0.15) is 13.8 Å². The highest BCUT2D eigenvalue weighted by Gasteiger charge is 2.21. The van der Waals surface area contributed by atoms with E-state index < -0.39 is 7.60 Å². The number of ether oxygens (including phenoxy) is 1. The number of hydrogen-bond acceptors (Lipinski definition) is 4. The molecule has 4 nitrogen and oxygen atoms in total. The average Bonchev–Trinajstić information content (AvgIpc) is 2.37. The normalized spacial score (nSPS) is 11.9. The summed E-state index contributed by atoms with van der Waals surface area (Å²) in [6, 6.07) is 9.36. The summed E-state index contributed by atoms with van der Waals surface area (Å²) in [7, 11) is -3.01. The molecular weight excluding hydrogens is 251 g/mol. The molecule has 0 N–H and O–H groups in total. The molecular formula is C13H19O4P. The third-order valence-corrected chi connectivity index (χ3v) is 3.99. The number of para-hydroxylation sites is 1. The van der Waals surface area contributed by atoms with Crippen molar-refractivity contribution in [2.75, 3.05) is 19.4 Å². The molecule has 0 saturated carbocycles. The summed E-state index contributed by atoms with van der Waals surface area (Å²) in [4.78, 5) is 0. The SMILES string of the molecule is CCOP(=O)(CC=COc1ccccc1)OCC. The monoisotopic (exact) mass is 270 g/mol. The molecule has 0 atom stereocenters. The van der Waals surface area contributed by atoms with Gasteiger partial charge >= 0.3 is 7.60 Å². The molecule has 0 aliphatic heterocycles. The summed E-state index contributed by atoms with van der Waals surface area (Å²) < 4.78 is 27.7. The maximum atomic E-state index is 12.1. The first kappa shape index (κ1) is 15.0. The summed E-state index contributed by atoms with van der Waals surface area (Å²) >= 11 is 0. The van der Waals surface area contributed by atoms with Gasteiger partial charge in [0.05, 0.1) is 25.6 Å². The van der Waals surface area contributed by atoms with Gasteiger partial charge in [0.2, 0.25) is 0 Å². The standard InChI is InChI=1S/C13H19O4P/c1-3-16-18(14,17-4-2)12-8-11-15-13-9-6-5-7-10-13/h5-11H,3-4,12H2,1-2H3. The first-order chi connectivity index (χ1) is 8.70. The number of benzene rings is 1. The van der Waals surface area contributed by atoms with Crippen LogP contribution in [0.15, 0.2) is 42.7 Å². The van der Waals surface area contributed by atoms with Crippen LogP contribution in [0.3, 0.4) is 0 Å². The van der Waals surface area contributed by atoms with Crippen LogP contribution in [0.5, 0.6) is 5.75 Å². The van der Waals surface area contributed by atoms with E-state index in [1.54, 1.807) is 19.9 Å². The summed E-state index contributed by atoms with van der Waals surface area (Å²) in [5, 5.41) is 0. The van der Waals surface area contributed by atoms with E-state index in [2.05, 4.69) is 0 Å². The molecule has 0 unspecified atom stereocenters. The van der Waals surface area contributed by atoms with E-state index in [0.717, 1.165) is 5.75 Å². The lowest BCUT2D eigenvalue weighted by atomic mass is 10.3. The average molecular weight is 270 g/mol. The molecule has 0 aromatic heterocycles. The molecule has 100 valence electrons. The number of rotatable bonds is 8. The Morgan fingerprint density at radius 3 is 2.28 bits per heavy atom. The lowest BCUT2D eigenvalue weighted by Gasteiger charge is -2.14. The van der Waals surface area contributed by atoms with Crippen molar-refractivity contribution in [1.82, 2.24) is 0 Å². The Kier molecular flexibility index (Phi) is 6.73. The Balaban J connectivity index is 2.45. The zero-order valence-electron chi connectivity index (χ0n) is 10.7. The van der Waals surface area contributed by atoms with Gasteiger partial charge in [0.25, 0.3) is 0 Å². The van der Waals surface area contributed by atoms with E-state index in [-0.39, 0.29) is 6.16 Å². The van der Waals surface area contributed by atoms with Gasteiger partial charge in [0.15, 0.2) is 0 Å². The molecule has 0 bridgehead atoms. The smallest absolute Gasteiger partial charge is 0.334 e. The second-order valence-electron chi connectivity index (χ2n) is 3.43. The third-order valence-electron chi connectivity index (χ3n) is 2.02. The summed E-state index contributed by atoms with van der Waals surface area (Å²) in [6.07, 6.45) is 3.36. The largest absolute Gasteiger partial charge is 0.465 e. The molecule has 0 heterocycles. The minimum absolute atomic E-state index is 0.210. The van der Waals surface area contributed by atoms with Crippen molar-refractivity contribution in [1.29, 1.82) is 0 Å². The molecule has 0 radical (unpaired) electrons. The van der Waals surface area contributed by atoms with Crippen LogP contribution < -0.4 is 4.74 Å². The predicted octanol–water partition coefficient (Wildman–Crippen LogP) is 3.85. The summed E-state index contributed by atoms with van der Waals surface area (Å²) in [5.74, 6) is 0.733. The molecule has 0 spiro atoms. The van der Waals surface area contributed by atoms with Crippen LogP contribution in [-0.4, -0.2) is 19.4 Å². The quantitative estimate of drug-likeness (QED) is 0.531. The van der Waals surface area contributed by atoms with E-state index in [0.29, 0.717) is 13.2 Å². The fourth-order valence-corrected chi connectivity index (χ4v) is 2.75. The Labute approximate surface area is 108 Å². The van der Waals surface area contributed by atoms with E-state index in [1.165, 1.54) is 6.26 Å². The van der Waals surface area contributed by atoms with Crippen molar-refractivity contribution in [2.45, 2.75) is 13.8 Å². The summed E-state index contributed by atoms with van der Waals surface area (Å²) in [6.45, 7) is 4.31. The second kappa shape index (κ2) is 8.09. The van der Waals surface area contributed by atoms with Gasteiger partial charge in [-0.05, 0) is 32.1 Å². The van der Waals surface area contributed by atoms with Crippen LogP contribution in [0.4, 0.5) is 0 Å². The minimum atomic E-state index is -3.01. The molecule has 1 rings (SSSR count). The first-order valence-electron chi connectivity index (χ1n) is 5.95. The van der Waals surface area contributed by atoms with Crippen LogP contribution in [0.25, 0.3) is 0 Å². The maximum absolute atomic E-state index is 12.1. The van der Waals surface area contributed by atoms with Gasteiger partial charge in [-0.25, -0.2) is 0 Å².